The molecule has 0 fully saturated rings. The first kappa shape index (κ1) is 13.6. The fourth-order valence-corrected chi connectivity index (χ4v) is 2.83. The van der Waals surface area contributed by atoms with Gasteiger partial charge in [-0.05, 0) is 35.7 Å². The number of hydrogen-bond acceptors (Lipinski definition) is 4. The summed E-state index contributed by atoms with van der Waals surface area (Å²) in [6.07, 6.45) is 1.62. The standard InChI is InChI=1S/C15H11FN2O2S/c16-11-3-1-10(2-4-11)13(19)5-7-18-9-17-12-6-8-21-14(12)15(18)20/h1-4,6,8-9H,5,7H2. The van der Waals surface area contributed by atoms with Crippen LogP contribution in [0.25, 0.3) is 10.2 Å². The SMILES string of the molecule is O=C(CCn1cnc2ccsc2c1=O)c1ccc(F)cc1. The van der Waals surface area contributed by atoms with E-state index in [0.717, 1.165) is 0 Å². The van der Waals surface area contributed by atoms with Crippen LogP contribution in [0.15, 0.2) is 46.8 Å². The fraction of sp³-hybridized carbons (Fsp3) is 0.133. The number of thiophene rings is 1. The van der Waals surface area contributed by atoms with Gasteiger partial charge in [0.1, 0.15) is 10.5 Å². The number of benzene rings is 1. The summed E-state index contributed by atoms with van der Waals surface area (Å²) in [6.45, 7) is 0.260. The van der Waals surface area contributed by atoms with Crippen LogP contribution in [0.4, 0.5) is 4.39 Å². The van der Waals surface area contributed by atoms with Gasteiger partial charge in [-0.2, -0.15) is 0 Å². The third-order valence-electron chi connectivity index (χ3n) is 3.18. The highest BCUT2D eigenvalue weighted by molar-refractivity contribution is 7.17. The number of fused-ring (bicyclic) bond motifs is 1. The minimum Gasteiger partial charge on any atom is -0.298 e. The number of nitrogens with zero attached hydrogens (tertiary/aromatic N) is 2. The van der Waals surface area contributed by atoms with Crippen molar-refractivity contribution in [1.82, 2.24) is 9.55 Å². The maximum absolute atomic E-state index is 12.8. The summed E-state index contributed by atoms with van der Waals surface area (Å²) in [5, 5.41) is 1.81. The molecule has 6 heteroatoms. The van der Waals surface area contributed by atoms with Gasteiger partial charge in [-0.3, -0.25) is 14.2 Å². The first-order valence-electron chi connectivity index (χ1n) is 6.36. The molecule has 2 heterocycles. The van der Waals surface area contributed by atoms with Crippen molar-refractivity contribution in [3.63, 3.8) is 0 Å². The summed E-state index contributed by atoms with van der Waals surface area (Å²) in [6, 6.07) is 7.18. The van der Waals surface area contributed by atoms with Gasteiger partial charge >= 0.3 is 0 Å². The van der Waals surface area contributed by atoms with Crippen LogP contribution in [0.5, 0.6) is 0 Å². The van der Waals surface area contributed by atoms with Gasteiger partial charge in [0.2, 0.25) is 0 Å². The van der Waals surface area contributed by atoms with E-state index >= 15 is 0 Å². The summed E-state index contributed by atoms with van der Waals surface area (Å²) in [5.74, 6) is -0.511. The van der Waals surface area contributed by atoms with Crippen molar-refractivity contribution in [1.29, 1.82) is 0 Å². The largest absolute Gasteiger partial charge is 0.298 e. The lowest BCUT2D eigenvalue weighted by Crippen LogP contribution is -2.21. The minimum atomic E-state index is -0.380. The Balaban J connectivity index is 1.77. The van der Waals surface area contributed by atoms with Gasteiger partial charge in [0.05, 0.1) is 11.8 Å². The molecule has 0 atom stereocenters. The van der Waals surface area contributed by atoms with E-state index in [0.29, 0.717) is 15.8 Å². The molecule has 0 aliphatic heterocycles. The van der Waals surface area contributed by atoms with E-state index in [1.807, 2.05) is 5.38 Å². The number of carbonyl (C=O) groups is 1. The molecule has 0 N–H and O–H groups in total. The molecule has 0 bridgehead atoms. The van der Waals surface area contributed by atoms with Crippen molar-refractivity contribution in [3.8, 4) is 0 Å². The Morgan fingerprint density at radius 1 is 1.24 bits per heavy atom. The van der Waals surface area contributed by atoms with Crippen molar-refractivity contribution in [2.45, 2.75) is 13.0 Å². The van der Waals surface area contributed by atoms with Crippen LogP contribution in [0.2, 0.25) is 0 Å². The molecule has 0 radical (unpaired) electrons. The summed E-state index contributed by atoms with van der Waals surface area (Å²) in [7, 11) is 0. The van der Waals surface area contributed by atoms with Crippen LogP contribution in [0.3, 0.4) is 0 Å². The number of aromatic nitrogens is 2. The molecule has 0 unspecified atom stereocenters. The Bertz CT molecular complexity index is 852. The first-order valence-corrected chi connectivity index (χ1v) is 7.24. The van der Waals surface area contributed by atoms with Gasteiger partial charge in [0.25, 0.3) is 5.56 Å². The quantitative estimate of drug-likeness (QED) is 0.696. The third-order valence-corrected chi connectivity index (χ3v) is 4.07. The fourth-order valence-electron chi connectivity index (χ4n) is 2.04. The van der Waals surface area contributed by atoms with E-state index < -0.39 is 0 Å². The zero-order valence-corrected chi connectivity index (χ0v) is 11.8. The predicted molar refractivity (Wildman–Crippen MR) is 79.2 cm³/mol. The molecule has 2 aromatic heterocycles. The molecule has 0 amide bonds. The van der Waals surface area contributed by atoms with Crippen molar-refractivity contribution in [2.75, 3.05) is 0 Å². The maximum Gasteiger partial charge on any atom is 0.271 e. The Kier molecular flexibility index (Phi) is 3.62. The molecule has 0 aliphatic rings. The Morgan fingerprint density at radius 2 is 2.00 bits per heavy atom. The van der Waals surface area contributed by atoms with Gasteiger partial charge in [0, 0.05) is 18.5 Å². The van der Waals surface area contributed by atoms with Gasteiger partial charge in [-0.15, -0.1) is 11.3 Å². The third kappa shape index (κ3) is 2.75. The van der Waals surface area contributed by atoms with E-state index in [-0.39, 0.29) is 30.1 Å². The van der Waals surface area contributed by atoms with Gasteiger partial charge in [-0.1, -0.05) is 0 Å². The summed E-state index contributed by atoms with van der Waals surface area (Å²) < 4.78 is 14.8. The number of ketones is 1. The van der Waals surface area contributed by atoms with Crippen LogP contribution in [-0.2, 0) is 6.54 Å². The summed E-state index contributed by atoms with van der Waals surface area (Å²) in [4.78, 5) is 28.3. The van der Waals surface area contributed by atoms with Crippen LogP contribution >= 0.6 is 11.3 Å². The van der Waals surface area contributed by atoms with Crippen LogP contribution in [0.1, 0.15) is 16.8 Å². The Hall–Kier alpha value is -2.34. The van der Waals surface area contributed by atoms with Crippen LogP contribution < -0.4 is 5.56 Å². The number of Topliss-reactive ketones (excluding diaryl/α,β-unsaturated/α-hetero) is 1. The molecule has 0 saturated carbocycles. The molecule has 106 valence electrons. The lowest BCUT2D eigenvalue weighted by molar-refractivity contribution is 0.0976. The molecule has 1 aromatic carbocycles. The summed E-state index contributed by atoms with van der Waals surface area (Å²) >= 11 is 1.34. The smallest absolute Gasteiger partial charge is 0.271 e. The summed E-state index contributed by atoms with van der Waals surface area (Å²) in [5.41, 5.74) is 0.975. The van der Waals surface area contributed by atoms with Crippen molar-refractivity contribution < 1.29 is 9.18 Å². The lowest BCUT2D eigenvalue weighted by Gasteiger charge is -2.05. The number of halogens is 1. The highest BCUT2D eigenvalue weighted by Crippen LogP contribution is 2.13. The van der Waals surface area contributed by atoms with Gasteiger partial charge < -0.3 is 0 Å². The molecule has 0 aliphatic carbocycles. The normalized spacial score (nSPS) is 10.9. The van der Waals surface area contributed by atoms with E-state index in [9.17, 15) is 14.0 Å². The van der Waals surface area contributed by atoms with Gasteiger partial charge in [-0.25, -0.2) is 9.37 Å². The topological polar surface area (TPSA) is 52.0 Å². The lowest BCUT2D eigenvalue weighted by atomic mass is 10.1. The second-order valence-corrected chi connectivity index (χ2v) is 5.47. The minimum absolute atomic E-state index is 0.131. The molecule has 21 heavy (non-hydrogen) atoms. The second kappa shape index (κ2) is 5.57. The number of hydrogen-bond donors (Lipinski definition) is 0. The molecule has 3 aromatic rings. The van der Waals surface area contributed by atoms with Crippen LogP contribution in [0, 0.1) is 5.82 Å². The van der Waals surface area contributed by atoms with E-state index in [1.54, 1.807) is 6.07 Å². The zero-order valence-electron chi connectivity index (χ0n) is 11.0. The monoisotopic (exact) mass is 302 g/mol. The zero-order chi connectivity index (χ0) is 14.8. The average Bonchev–Trinajstić information content (AvgIpc) is 2.96. The average molecular weight is 302 g/mol. The van der Waals surface area contributed by atoms with Crippen LogP contribution in [-0.4, -0.2) is 15.3 Å². The van der Waals surface area contributed by atoms with E-state index in [4.69, 9.17) is 0 Å². The molecular formula is C15H11FN2O2S. The predicted octanol–water partition coefficient (Wildman–Crippen LogP) is 2.87. The molecule has 3 rings (SSSR count). The Labute approximate surface area is 123 Å². The highest BCUT2D eigenvalue weighted by atomic mass is 32.1. The highest BCUT2D eigenvalue weighted by Gasteiger charge is 2.09. The molecular weight excluding hydrogens is 291 g/mol. The van der Waals surface area contributed by atoms with Crippen molar-refractivity contribution in [2.24, 2.45) is 0 Å². The van der Waals surface area contributed by atoms with E-state index in [1.165, 1.54) is 46.5 Å². The number of carbonyl (C=O) groups excluding carboxylic acids is 1. The van der Waals surface area contributed by atoms with Gasteiger partial charge in [0.15, 0.2) is 5.78 Å². The Morgan fingerprint density at radius 3 is 2.76 bits per heavy atom. The molecule has 0 spiro atoms. The van der Waals surface area contributed by atoms with E-state index in [2.05, 4.69) is 4.98 Å². The molecule has 4 nitrogen and oxygen atoms in total. The number of rotatable bonds is 4. The second-order valence-electron chi connectivity index (χ2n) is 4.56. The van der Waals surface area contributed by atoms with Crippen molar-refractivity contribution in [3.05, 3.63) is 63.8 Å². The first-order chi connectivity index (χ1) is 10.1. The molecule has 0 saturated heterocycles. The maximum atomic E-state index is 12.8. The van der Waals surface area contributed by atoms with Crippen molar-refractivity contribution >= 4 is 27.3 Å². The number of aryl methyl sites for hydroxylation is 1.